The van der Waals surface area contributed by atoms with Gasteiger partial charge in [0.15, 0.2) is 0 Å². The van der Waals surface area contributed by atoms with Gasteiger partial charge in [-0.25, -0.2) is 0 Å². The van der Waals surface area contributed by atoms with Crippen LogP contribution in [0.25, 0.3) is 0 Å². The lowest BCUT2D eigenvalue weighted by Crippen LogP contribution is -1.90. The van der Waals surface area contributed by atoms with Crippen molar-refractivity contribution in [2.24, 2.45) is 10.3 Å². The van der Waals surface area contributed by atoms with Crippen molar-refractivity contribution in [2.45, 2.75) is 201 Å². The molecule has 0 aromatic rings. The van der Waals surface area contributed by atoms with Crippen LogP contribution in [0.15, 0.2) is 10.3 Å². The summed E-state index contributed by atoms with van der Waals surface area (Å²) >= 11 is 0. The van der Waals surface area contributed by atoms with E-state index in [4.69, 9.17) is 10.4 Å². The minimum atomic E-state index is 0.863. The van der Waals surface area contributed by atoms with E-state index < -0.39 is 0 Å². The van der Waals surface area contributed by atoms with E-state index >= 15 is 0 Å². The fourth-order valence-corrected chi connectivity index (χ4v) is 4.72. The number of rotatable bonds is 27. The molecule has 0 spiro atoms. The minimum Gasteiger partial charge on any atom is -0.411 e. The van der Waals surface area contributed by atoms with Gasteiger partial charge in [0.05, 0.1) is 11.4 Å². The highest BCUT2D eigenvalue weighted by molar-refractivity contribution is 5.81. The van der Waals surface area contributed by atoms with Crippen molar-refractivity contribution in [3.63, 3.8) is 0 Å². The summed E-state index contributed by atoms with van der Waals surface area (Å²) in [6.07, 6.45) is 36.4. The molecule has 0 unspecified atom stereocenters. The first kappa shape index (κ1) is 38.1. The van der Waals surface area contributed by atoms with E-state index in [-0.39, 0.29) is 0 Å². The van der Waals surface area contributed by atoms with Gasteiger partial charge in [-0.1, -0.05) is 172 Å². The summed E-state index contributed by atoms with van der Waals surface area (Å²) in [5, 5.41) is 23.4. The van der Waals surface area contributed by atoms with Gasteiger partial charge < -0.3 is 10.4 Å². The highest BCUT2D eigenvalue weighted by Crippen LogP contribution is 2.14. The average molecular weight is 525 g/mol. The lowest BCUT2D eigenvalue weighted by Gasteiger charge is -2.03. The van der Waals surface area contributed by atoms with Gasteiger partial charge in [-0.3, -0.25) is 0 Å². The first-order valence-electron chi connectivity index (χ1n) is 16.5. The Morgan fingerprint density at radius 3 is 0.730 bits per heavy atom. The fourth-order valence-electron chi connectivity index (χ4n) is 4.72. The van der Waals surface area contributed by atoms with Crippen molar-refractivity contribution in [3.8, 4) is 0 Å². The lowest BCUT2D eigenvalue weighted by molar-refractivity contribution is 0.317. The highest BCUT2D eigenvalue weighted by atomic mass is 16.4. The predicted molar refractivity (Wildman–Crippen MR) is 166 cm³/mol. The van der Waals surface area contributed by atoms with Crippen molar-refractivity contribution in [1.82, 2.24) is 0 Å². The topological polar surface area (TPSA) is 65.2 Å². The van der Waals surface area contributed by atoms with Gasteiger partial charge in [-0.2, -0.15) is 0 Å². The molecule has 0 aliphatic rings. The molecule has 0 saturated carbocycles. The molecule has 222 valence electrons. The first-order valence-corrected chi connectivity index (χ1v) is 16.5. The summed E-state index contributed by atoms with van der Waals surface area (Å²) in [5.41, 5.74) is 1.73. The molecule has 0 bridgehead atoms. The van der Waals surface area contributed by atoms with Gasteiger partial charge in [0.25, 0.3) is 0 Å². The number of nitrogens with zero attached hydrogens (tertiary/aromatic N) is 2. The van der Waals surface area contributed by atoms with Gasteiger partial charge in [0.1, 0.15) is 0 Å². The van der Waals surface area contributed by atoms with Crippen LogP contribution in [-0.4, -0.2) is 21.8 Å². The molecule has 4 nitrogen and oxygen atoms in total. The molecule has 0 rings (SSSR count). The molecule has 2 N–H and O–H groups in total. The number of hydrogen-bond donors (Lipinski definition) is 2. The van der Waals surface area contributed by atoms with E-state index in [1.165, 1.54) is 161 Å². The zero-order valence-electron chi connectivity index (χ0n) is 25.9. The van der Waals surface area contributed by atoms with E-state index in [1.807, 2.05) is 13.8 Å². The van der Waals surface area contributed by atoms with Crippen LogP contribution in [0, 0.1) is 0 Å². The Morgan fingerprint density at radius 2 is 0.541 bits per heavy atom. The second kappa shape index (κ2) is 34.9. The number of unbranched alkanes of at least 4 members (excludes halogenated alkanes) is 23. The Morgan fingerprint density at radius 1 is 0.351 bits per heavy atom. The normalized spacial score (nSPS) is 12.0. The largest absolute Gasteiger partial charge is 0.411 e. The molecule has 0 saturated heterocycles. The maximum Gasteiger partial charge on any atom is 0.0540 e. The van der Waals surface area contributed by atoms with Crippen LogP contribution in [0.5, 0.6) is 0 Å². The molecule has 0 radical (unpaired) electrons. The van der Waals surface area contributed by atoms with Crippen molar-refractivity contribution >= 4 is 11.4 Å². The molecular weight excluding hydrogens is 456 g/mol. The highest BCUT2D eigenvalue weighted by Gasteiger charge is 1.96. The zero-order chi connectivity index (χ0) is 27.7. The van der Waals surface area contributed by atoms with E-state index in [0.717, 1.165) is 24.3 Å². The quantitative estimate of drug-likeness (QED) is 0.0485. The van der Waals surface area contributed by atoms with E-state index in [0.29, 0.717) is 0 Å². The number of oxime groups is 2. The summed E-state index contributed by atoms with van der Waals surface area (Å²) in [4.78, 5) is 0. The van der Waals surface area contributed by atoms with Crippen LogP contribution in [0.3, 0.4) is 0 Å². The molecular formula is C33H68N2O2. The van der Waals surface area contributed by atoms with Crippen molar-refractivity contribution in [1.29, 1.82) is 0 Å². The van der Waals surface area contributed by atoms with Crippen molar-refractivity contribution in [2.75, 3.05) is 0 Å². The Labute approximate surface area is 233 Å². The predicted octanol–water partition coefficient (Wildman–Crippen LogP) is 12.2. The van der Waals surface area contributed by atoms with Gasteiger partial charge in [-0.05, 0) is 39.5 Å². The van der Waals surface area contributed by atoms with Crippen molar-refractivity contribution < 1.29 is 10.4 Å². The average Bonchev–Trinajstić information content (AvgIpc) is 2.91. The summed E-state index contributed by atoms with van der Waals surface area (Å²) in [5.74, 6) is 0. The van der Waals surface area contributed by atoms with Crippen molar-refractivity contribution in [3.05, 3.63) is 0 Å². The van der Waals surface area contributed by atoms with Gasteiger partial charge in [0.2, 0.25) is 0 Å². The Kier molecular flexibility index (Phi) is 36.0. The molecule has 4 heteroatoms. The molecule has 0 aliphatic heterocycles. The van der Waals surface area contributed by atoms with Crippen LogP contribution in [0.2, 0.25) is 0 Å². The standard InChI is InChI=1S/C17H35NO.C16H33NO/c1-3-4-5-6-7-8-9-10-11-12-13-14-15-16-17(2)18-19;1-3-4-5-6-7-8-9-10-11-12-13-14-15-16(2)17-18/h19H,3-16H2,1-2H3;18H,3-15H2,1-2H3/b18-17+;17-16+. The molecule has 0 amide bonds. The fraction of sp³-hybridized carbons (Fsp3) is 0.939. The molecule has 0 heterocycles. The maximum atomic E-state index is 8.51. The maximum absolute atomic E-state index is 8.51. The first-order chi connectivity index (χ1) is 18.1. The van der Waals surface area contributed by atoms with Crippen LogP contribution >= 0.6 is 0 Å². The van der Waals surface area contributed by atoms with Crippen LogP contribution in [0.4, 0.5) is 0 Å². The SMILES string of the molecule is CCCCCCCCCCCCCC/C(C)=N/O.CCCCCCCCCCCCCCC/C(C)=N/O. The van der Waals surface area contributed by atoms with Gasteiger partial charge in [0, 0.05) is 0 Å². The third-order valence-electron chi connectivity index (χ3n) is 7.38. The van der Waals surface area contributed by atoms with Crippen LogP contribution in [-0.2, 0) is 0 Å². The van der Waals surface area contributed by atoms with Crippen LogP contribution < -0.4 is 0 Å². The summed E-state index contributed by atoms with van der Waals surface area (Å²) in [6.45, 7) is 8.32. The van der Waals surface area contributed by atoms with Gasteiger partial charge >= 0.3 is 0 Å². The number of hydrogen-bond acceptors (Lipinski definition) is 4. The van der Waals surface area contributed by atoms with Gasteiger partial charge in [-0.15, -0.1) is 0 Å². The molecule has 0 atom stereocenters. The monoisotopic (exact) mass is 525 g/mol. The van der Waals surface area contributed by atoms with E-state index in [9.17, 15) is 0 Å². The Bertz CT molecular complexity index is 477. The minimum absolute atomic E-state index is 0.863. The molecule has 0 aliphatic carbocycles. The summed E-state index contributed by atoms with van der Waals surface area (Å²) < 4.78 is 0. The Balaban J connectivity index is 0. The smallest absolute Gasteiger partial charge is 0.0540 e. The third kappa shape index (κ3) is 37.2. The van der Waals surface area contributed by atoms with E-state index in [1.54, 1.807) is 0 Å². The molecule has 0 aromatic heterocycles. The summed E-state index contributed by atoms with van der Waals surface area (Å²) in [6, 6.07) is 0. The molecule has 37 heavy (non-hydrogen) atoms. The molecule has 0 fully saturated rings. The third-order valence-corrected chi connectivity index (χ3v) is 7.38. The second-order valence-corrected chi connectivity index (χ2v) is 11.3. The summed E-state index contributed by atoms with van der Waals surface area (Å²) in [7, 11) is 0. The molecule has 0 aromatic carbocycles. The lowest BCUT2D eigenvalue weighted by atomic mass is 10.0. The zero-order valence-corrected chi connectivity index (χ0v) is 25.9. The Hall–Kier alpha value is -1.06. The van der Waals surface area contributed by atoms with E-state index in [2.05, 4.69) is 24.2 Å². The second-order valence-electron chi connectivity index (χ2n) is 11.3. The van der Waals surface area contributed by atoms with Crippen LogP contribution in [0.1, 0.15) is 201 Å².